The summed E-state index contributed by atoms with van der Waals surface area (Å²) in [4.78, 5) is 19.2. The molecule has 0 aliphatic carbocycles. The zero-order valence-corrected chi connectivity index (χ0v) is 20.6. The third kappa shape index (κ3) is 8.04. The molecule has 7 heteroatoms. The number of pyridine rings is 1. The molecule has 0 radical (unpaired) electrons. The van der Waals surface area contributed by atoms with Crippen LogP contribution in [-0.4, -0.2) is 31.1 Å². The maximum Gasteiger partial charge on any atom is 0.240 e. The molecule has 3 aromatic rings. The second-order valence-corrected chi connectivity index (χ2v) is 8.93. The third-order valence-corrected chi connectivity index (χ3v) is 6.08. The van der Waals surface area contributed by atoms with E-state index in [1.165, 1.54) is 51.4 Å². The van der Waals surface area contributed by atoms with Crippen LogP contribution in [0.3, 0.4) is 0 Å². The molecule has 1 atom stereocenters. The van der Waals surface area contributed by atoms with Gasteiger partial charge in [0.25, 0.3) is 0 Å². The van der Waals surface area contributed by atoms with Crippen molar-refractivity contribution in [3.8, 4) is 0 Å². The second kappa shape index (κ2) is 14.2. The Labute approximate surface area is 203 Å². The summed E-state index contributed by atoms with van der Waals surface area (Å²) in [5, 5.41) is 16.0. The van der Waals surface area contributed by atoms with E-state index in [4.69, 9.17) is 0 Å². The van der Waals surface area contributed by atoms with Gasteiger partial charge < -0.3 is 5.32 Å². The predicted octanol–water partition coefficient (Wildman–Crippen LogP) is 6.07. The maximum atomic E-state index is 13.3. The van der Waals surface area contributed by atoms with Gasteiger partial charge in [-0.2, -0.15) is 4.80 Å². The molecule has 1 amide bonds. The van der Waals surface area contributed by atoms with Crippen molar-refractivity contribution in [3.63, 3.8) is 0 Å². The lowest BCUT2D eigenvalue weighted by atomic mass is 9.97. The first kappa shape index (κ1) is 25.5. The smallest absolute Gasteiger partial charge is 0.240 e. The molecular formula is C27H38N6O. The number of aryl methyl sites for hydroxylation is 2. The van der Waals surface area contributed by atoms with E-state index in [2.05, 4.69) is 32.6 Å². The highest BCUT2D eigenvalue weighted by Crippen LogP contribution is 2.24. The van der Waals surface area contributed by atoms with E-state index in [9.17, 15) is 4.79 Å². The lowest BCUT2D eigenvalue weighted by molar-refractivity contribution is -0.116. The monoisotopic (exact) mass is 462 g/mol. The summed E-state index contributed by atoms with van der Waals surface area (Å²) < 4.78 is 0. The number of aromatic nitrogens is 5. The molecule has 1 aromatic carbocycles. The molecule has 0 bridgehead atoms. The maximum absolute atomic E-state index is 13.3. The number of nitrogens with zero attached hydrogens (tertiary/aromatic N) is 5. The van der Waals surface area contributed by atoms with Gasteiger partial charge in [0.2, 0.25) is 5.91 Å². The Bertz CT molecular complexity index is 988. The van der Waals surface area contributed by atoms with Gasteiger partial charge in [-0.3, -0.25) is 4.79 Å². The minimum Gasteiger partial charge on any atom is -0.310 e. The summed E-state index contributed by atoms with van der Waals surface area (Å²) in [7, 11) is 0. The van der Waals surface area contributed by atoms with Crippen molar-refractivity contribution in [1.82, 2.24) is 25.2 Å². The van der Waals surface area contributed by atoms with Crippen molar-refractivity contribution >= 4 is 11.7 Å². The van der Waals surface area contributed by atoms with E-state index in [-0.39, 0.29) is 5.91 Å². The number of unbranched alkanes of at least 4 members (excludes halogenated alkanes) is 9. The summed E-state index contributed by atoms with van der Waals surface area (Å²) in [5.74, 6) is 0.0890. The normalized spacial score (nSPS) is 11.9. The number of carbonyl (C=O) groups is 1. The highest BCUT2D eigenvalue weighted by Gasteiger charge is 2.28. The van der Waals surface area contributed by atoms with Gasteiger partial charge in [0.15, 0.2) is 5.82 Å². The van der Waals surface area contributed by atoms with Crippen LogP contribution in [0, 0.1) is 6.92 Å². The topological polar surface area (TPSA) is 85.6 Å². The molecule has 182 valence electrons. The van der Waals surface area contributed by atoms with Gasteiger partial charge >= 0.3 is 0 Å². The minimum atomic E-state index is -0.649. The van der Waals surface area contributed by atoms with E-state index in [0.717, 1.165) is 24.0 Å². The lowest BCUT2D eigenvalue weighted by Crippen LogP contribution is -2.24. The van der Waals surface area contributed by atoms with Crippen LogP contribution in [0.2, 0.25) is 0 Å². The van der Waals surface area contributed by atoms with Crippen LogP contribution in [0.5, 0.6) is 0 Å². The Kier molecular flexibility index (Phi) is 10.7. The molecule has 0 fully saturated rings. The van der Waals surface area contributed by atoms with Crippen LogP contribution in [0.1, 0.15) is 94.0 Å². The summed E-state index contributed by atoms with van der Waals surface area (Å²) in [6, 6.07) is 13.3. The number of nitrogens with one attached hydrogen (secondary N) is 1. The Balaban J connectivity index is 1.53. The highest BCUT2D eigenvalue weighted by molar-refractivity contribution is 5.97. The Hall–Kier alpha value is -3.09. The average Bonchev–Trinajstić information content (AvgIpc) is 3.31. The van der Waals surface area contributed by atoms with Crippen molar-refractivity contribution in [3.05, 3.63) is 65.6 Å². The van der Waals surface area contributed by atoms with Gasteiger partial charge in [-0.1, -0.05) is 101 Å². The van der Waals surface area contributed by atoms with E-state index < -0.39 is 5.92 Å². The van der Waals surface area contributed by atoms with Crippen molar-refractivity contribution in [2.24, 2.45) is 0 Å². The lowest BCUT2D eigenvalue weighted by Gasteiger charge is -2.14. The van der Waals surface area contributed by atoms with Crippen LogP contribution in [0.15, 0.2) is 48.7 Å². The fraction of sp³-hybridized carbons (Fsp3) is 0.519. The summed E-state index contributed by atoms with van der Waals surface area (Å²) >= 11 is 0. The summed E-state index contributed by atoms with van der Waals surface area (Å²) in [6.45, 7) is 4.89. The molecule has 1 unspecified atom stereocenters. The minimum absolute atomic E-state index is 0.216. The number of benzene rings is 1. The molecule has 2 aromatic heterocycles. The van der Waals surface area contributed by atoms with Crippen molar-refractivity contribution < 1.29 is 4.79 Å². The molecule has 1 N–H and O–H groups in total. The zero-order chi connectivity index (χ0) is 24.0. The van der Waals surface area contributed by atoms with Gasteiger partial charge in [0.05, 0.1) is 6.54 Å². The average molecular weight is 463 g/mol. The van der Waals surface area contributed by atoms with E-state index >= 15 is 0 Å². The Morgan fingerprint density at radius 3 is 2.26 bits per heavy atom. The molecule has 0 spiro atoms. The number of tetrazole rings is 1. The summed E-state index contributed by atoms with van der Waals surface area (Å²) in [5.41, 5.74) is 1.73. The van der Waals surface area contributed by atoms with Crippen LogP contribution in [-0.2, 0) is 11.3 Å². The Morgan fingerprint density at radius 2 is 1.59 bits per heavy atom. The van der Waals surface area contributed by atoms with Gasteiger partial charge in [0, 0.05) is 6.20 Å². The van der Waals surface area contributed by atoms with Crippen LogP contribution in [0.25, 0.3) is 0 Å². The molecule has 7 nitrogen and oxygen atoms in total. The molecular weight excluding hydrogens is 424 g/mol. The molecule has 0 saturated heterocycles. The predicted molar refractivity (Wildman–Crippen MR) is 136 cm³/mol. The van der Waals surface area contributed by atoms with Crippen molar-refractivity contribution in [1.29, 1.82) is 0 Å². The number of carbonyl (C=O) groups excluding carboxylic acids is 1. The number of amides is 1. The largest absolute Gasteiger partial charge is 0.310 e. The zero-order valence-electron chi connectivity index (χ0n) is 20.6. The SMILES string of the molecule is CCCCCCCCCCCCn1nnc(C(C(=O)Nc2ncccc2C)c2ccccc2)n1. The van der Waals surface area contributed by atoms with Crippen molar-refractivity contribution in [2.45, 2.75) is 90.5 Å². The van der Waals surface area contributed by atoms with E-state index in [0.29, 0.717) is 18.2 Å². The first-order chi connectivity index (χ1) is 16.7. The number of hydrogen-bond donors (Lipinski definition) is 1. The van der Waals surface area contributed by atoms with Crippen LogP contribution in [0.4, 0.5) is 5.82 Å². The third-order valence-electron chi connectivity index (χ3n) is 6.08. The highest BCUT2D eigenvalue weighted by atomic mass is 16.2. The van der Waals surface area contributed by atoms with Crippen LogP contribution < -0.4 is 5.32 Å². The van der Waals surface area contributed by atoms with Crippen molar-refractivity contribution in [2.75, 3.05) is 5.32 Å². The van der Waals surface area contributed by atoms with Gasteiger partial charge in [-0.05, 0) is 35.8 Å². The number of rotatable bonds is 15. The number of anilines is 1. The van der Waals surface area contributed by atoms with E-state index in [1.54, 1.807) is 11.0 Å². The van der Waals surface area contributed by atoms with Gasteiger partial charge in [-0.25, -0.2) is 4.98 Å². The second-order valence-electron chi connectivity index (χ2n) is 8.93. The quantitative estimate of drug-likeness (QED) is 0.277. The molecule has 2 heterocycles. The van der Waals surface area contributed by atoms with Gasteiger partial charge in [-0.15, -0.1) is 10.2 Å². The molecule has 34 heavy (non-hydrogen) atoms. The molecule has 0 aliphatic heterocycles. The first-order valence-electron chi connectivity index (χ1n) is 12.7. The standard InChI is InChI=1S/C27H38N6O/c1-3-4-5-6-7-8-9-10-11-15-21-33-31-26(30-32-33)24(23-18-13-12-14-19-23)27(34)29-25-22(2)17-16-20-28-25/h12-14,16-20,24H,3-11,15,21H2,1-2H3,(H,28,29,34). The number of hydrogen-bond acceptors (Lipinski definition) is 5. The Morgan fingerprint density at radius 1 is 0.912 bits per heavy atom. The molecule has 3 rings (SSSR count). The molecule has 0 saturated carbocycles. The van der Waals surface area contributed by atoms with Gasteiger partial charge in [0.1, 0.15) is 11.7 Å². The molecule has 0 aliphatic rings. The fourth-order valence-corrected chi connectivity index (χ4v) is 4.08. The summed E-state index contributed by atoms with van der Waals surface area (Å²) in [6.07, 6.45) is 14.5. The van der Waals surface area contributed by atoms with E-state index in [1.807, 2.05) is 49.4 Å². The first-order valence-corrected chi connectivity index (χ1v) is 12.7. The fourth-order valence-electron chi connectivity index (χ4n) is 4.08. The van der Waals surface area contributed by atoms with Crippen LogP contribution >= 0.6 is 0 Å².